The predicted molar refractivity (Wildman–Crippen MR) is 83.0 cm³/mol. The van der Waals surface area contributed by atoms with Gasteiger partial charge in [-0.25, -0.2) is 0 Å². The summed E-state index contributed by atoms with van der Waals surface area (Å²) in [4.78, 5) is 12.9. The third kappa shape index (κ3) is 3.35. The van der Waals surface area contributed by atoms with E-state index in [-0.39, 0.29) is 11.5 Å². The zero-order valence-corrected chi connectivity index (χ0v) is 12.9. The number of Topliss-reactive ketones (excluding diaryl/α,β-unsaturated/α-hetero) is 1. The summed E-state index contributed by atoms with van der Waals surface area (Å²) < 4.78 is 12.3. The highest BCUT2D eigenvalue weighted by atomic mass is 35.5. The van der Waals surface area contributed by atoms with Gasteiger partial charge in [-0.3, -0.25) is 9.00 Å². The van der Waals surface area contributed by atoms with Gasteiger partial charge in [0.15, 0.2) is 5.78 Å². The van der Waals surface area contributed by atoms with E-state index in [1.807, 2.05) is 32.0 Å². The van der Waals surface area contributed by atoms with Crippen LogP contribution in [-0.4, -0.2) is 15.7 Å². The van der Waals surface area contributed by atoms with E-state index in [0.29, 0.717) is 15.5 Å². The lowest BCUT2D eigenvalue weighted by molar-refractivity contribution is 0.102. The fourth-order valence-corrected chi connectivity index (χ4v) is 3.44. The standard InChI is InChI=1S/C16H15ClO2S/c1-11-7-8-16(12(2)9-11)20(19)10-15(18)13-5-3-4-6-14(13)17/h3-9H,10H2,1-2H3. The van der Waals surface area contributed by atoms with E-state index in [1.165, 1.54) is 0 Å². The number of aryl methyl sites for hydroxylation is 2. The van der Waals surface area contributed by atoms with Crippen LogP contribution in [0.1, 0.15) is 21.5 Å². The molecular weight excluding hydrogens is 292 g/mol. The van der Waals surface area contributed by atoms with Crippen molar-refractivity contribution in [2.24, 2.45) is 0 Å². The second kappa shape index (κ2) is 6.33. The first-order valence-corrected chi connectivity index (χ1v) is 7.92. The second-order valence-corrected chi connectivity index (χ2v) is 6.49. The van der Waals surface area contributed by atoms with Gasteiger partial charge in [0.1, 0.15) is 0 Å². The van der Waals surface area contributed by atoms with Crippen LogP contribution in [0.15, 0.2) is 47.4 Å². The van der Waals surface area contributed by atoms with Crippen LogP contribution in [0.25, 0.3) is 0 Å². The predicted octanol–water partition coefficient (Wildman–Crippen LogP) is 3.95. The van der Waals surface area contributed by atoms with Crippen LogP contribution in [0.5, 0.6) is 0 Å². The van der Waals surface area contributed by atoms with Gasteiger partial charge < -0.3 is 0 Å². The molecule has 0 N–H and O–H groups in total. The number of carbonyl (C=O) groups excluding carboxylic acids is 1. The first kappa shape index (κ1) is 14.9. The largest absolute Gasteiger partial charge is 0.293 e. The van der Waals surface area contributed by atoms with Crippen molar-refractivity contribution in [2.45, 2.75) is 18.7 Å². The molecule has 0 aliphatic heterocycles. The highest BCUT2D eigenvalue weighted by Gasteiger charge is 2.16. The summed E-state index contributed by atoms with van der Waals surface area (Å²) in [6.45, 7) is 3.88. The molecule has 20 heavy (non-hydrogen) atoms. The lowest BCUT2D eigenvalue weighted by atomic mass is 10.1. The molecule has 0 spiro atoms. The average molecular weight is 307 g/mol. The van der Waals surface area contributed by atoms with Gasteiger partial charge in [0.2, 0.25) is 0 Å². The van der Waals surface area contributed by atoms with Crippen LogP contribution >= 0.6 is 11.6 Å². The Bertz CT molecular complexity index is 680. The molecule has 0 amide bonds. The zero-order valence-electron chi connectivity index (χ0n) is 11.4. The van der Waals surface area contributed by atoms with Gasteiger partial charge >= 0.3 is 0 Å². The molecule has 0 saturated carbocycles. The van der Waals surface area contributed by atoms with Crippen LogP contribution < -0.4 is 0 Å². The molecule has 104 valence electrons. The van der Waals surface area contributed by atoms with Crippen molar-refractivity contribution >= 4 is 28.2 Å². The Labute approximate surface area is 126 Å². The molecule has 0 aliphatic rings. The minimum absolute atomic E-state index is 0.0480. The Balaban J connectivity index is 2.20. The number of rotatable bonds is 4. The Morgan fingerprint density at radius 2 is 1.85 bits per heavy atom. The van der Waals surface area contributed by atoms with Crippen molar-refractivity contribution in [3.05, 3.63) is 64.2 Å². The molecule has 1 unspecified atom stereocenters. The minimum Gasteiger partial charge on any atom is -0.293 e. The smallest absolute Gasteiger partial charge is 0.177 e. The van der Waals surface area contributed by atoms with E-state index in [9.17, 15) is 9.00 Å². The lowest BCUT2D eigenvalue weighted by Gasteiger charge is -2.07. The number of carbonyl (C=O) groups is 1. The number of halogens is 1. The first-order valence-electron chi connectivity index (χ1n) is 6.22. The van der Waals surface area contributed by atoms with Crippen molar-refractivity contribution in [1.82, 2.24) is 0 Å². The minimum atomic E-state index is -1.35. The monoisotopic (exact) mass is 306 g/mol. The summed E-state index contributed by atoms with van der Waals surface area (Å²) in [5.41, 5.74) is 2.48. The summed E-state index contributed by atoms with van der Waals surface area (Å²) in [6, 6.07) is 12.5. The van der Waals surface area contributed by atoms with Crippen LogP contribution in [-0.2, 0) is 10.8 Å². The Kier molecular flexibility index (Phi) is 4.73. The van der Waals surface area contributed by atoms with Crippen LogP contribution in [0.3, 0.4) is 0 Å². The maximum Gasteiger partial charge on any atom is 0.177 e. The van der Waals surface area contributed by atoms with Crippen molar-refractivity contribution in [3.8, 4) is 0 Å². The van der Waals surface area contributed by atoms with E-state index in [1.54, 1.807) is 24.3 Å². The highest BCUT2D eigenvalue weighted by molar-refractivity contribution is 7.85. The summed E-state index contributed by atoms with van der Waals surface area (Å²) in [5.74, 6) is -0.248. The maximum absolute atomic E-state index is 12.3. The van der Waals surface area contributed by atoms with E-state index < -0.39 is 10.8 Å². The summed E-state index contributed by atoms with van der Waals surface area (Å²) >= 11 is 5.98. The molecule has 0 saturated heterocycles. The van der Waals surface area contributed by atoms with Crippen molar-refractivity contribution in [3.63, 3.8) is 0 Å². The Hall–Kier alpha value is -1.45. The summed E-state index contributed by atoms with van der Waals surface area (Å²) in [6.07, 6.45) is 0. The van der Waals surface area contributed by atoms with Gasteiger partial charge in [-0.05, 0) is 37.6 Å². The Morgan fingerprint density at radius 3 is 2.50 bits per heavy atom. The third-order valence-corrected chi connectivity index (χ3v) is 4.81. The molecule has 2 nitrogen and oxygen atoms in total. The molecule has 0 radical (unpaired) electrons. The second-order valence-electron chi connectivity index (χ2n) is 4.66. The van der Waals surface area contributed by atoms with Crippen molar-refractivity contribution < 1.29 is 9.00 Å². The highest BCUT2D eigenvalue weighted by Crippen LogP contribution is 2.19. The molecule has 2 aromatic carbocycles. The summed E-state index contributed by atoms with van der Waals surface area (Å²) in [7, 11) is -1.35. The normalized spacial score (nSPS) is 12.2. The number of hydrogen-bond acceptors (Lipinski definition) is 2. The SMILES string of the molecule is Cc1ccc(S(=O)CC(=O)c2ccccc2Cl)c(C)c1. The van der Waals surface area contributed by atoms with E-state index in [2.05, 4.69) is 0 Å². The average Bonchev–Trinajstić information content (AvgIpc) is 2.38. The van der Waals surface area contributed by atoms with Gasteiger partial charge in [0, 0.05) is 10.5 Å². The van der Waals surface area contributed by atoms with Gasteiger partial charge in [0.25, 0.3) is 0 Å². The lowest BCUT2D eigenvalue weighted by Crippen LogP contribution is -2.12. The molecule has 0 aliphatic carbocycles. The molecule has 4 heteroatoms. The van der Waals surface area contributed by atoms with E-state index >= 15 is 0 Å². The maximum atomic E-state index is 12.3. The topological polar surface area (TPSA) is 34.1 Å². The molecule has 0 bridgehead atoms. The quantitative estimate of drug-likeness (QED) is 0.802. The van der Waals surface area contributed by atoms with Crippen molar-refractivity contribution in [2.75, 3.05) is 5.75 Å². The fraction of sp³-hybridized carbons (Fsp3) is 0.188. The number of hydrogen-bond donors (Lipinski definition) is 0. The number of ketones is 1. The van der Waals surface area contributed by atoms with Gasteiger partial charge in [-0.1, -0.05) is 41.4 Å². The van der Waals surface area contributed by atoms with Gasteiger partial charge in [0.05, 0.1) is 21.6 Å². The fourth-order valence-electron chi connectivity index (χ4n) is 2.02. The molecular formula is C16H15ClO2S. The van der Waals surface area contributed by atoms with Crippen LogP contribution in [0, 0.1) is 13.8 Å². The molecule has 0 heterocycles. The number of benzene rings is 2. The van der Waals surface area contributed by atoms with Gasteiger partial charge in [-0.15, -0.1) is 0 Å². The molecule has 1 atom stereocenters. The summed E-state index contributed by atoms with van der Waals surface area (Å²) in [5, 5.41) is 0.398. The first-order chi connectivity index (χ1) is 9.49. The van der Waals surface area contributed by atoms with Crippen LogP contribution in [0.2, 0.25) is 5.02 Å². The molecule has 2 rings (SSSR count). The van der Waals surface area contributed by atoms with Gasteiger partial charge in [-0.2, -0.15) is 0 Å². The van der Waals surface area contributed by atoms with Crippen LogP contribution in [0.4, 0.5) is 0 Å². The molecule has 0 fully saturated rings. The van der Waals surface area contributed by atoms with E-state index in [4.69, 9.17) is 11.6 Å². The van der Waals surface area contributed by atoms with Crippen molar-refractivity contribution in [1.29, 1.82) is 0 Å². The third-order valence-electron chi connectivity index (χ3n) is 3.01. The molecule has 0 aromatic heterocycles. The molecule has 2 aromatic rings. The Morgan fingerprint density at radius 1 is 1.15 bits per heavy atom. The van der Waals surface area contributed by atoms with E-state index in [0.717, 1.165) is 11.1 Å². The zero-order chi connectivity index (χ0) is 14.7.